The minimum absolute atomic E-state index is 0.182. The molecule has 0 fully saturated rings. The van der Waals surface area contributed by atoms with Crippen molar-refractivity contribution >= 4 is 16.5 Å². The summed E-state index contributed by atoms with van der Waals surface area (Å²) in [6.07, 6.45) is 3.42. The van der Waals surface area contributed by atoms with Crippen LogP contribution in [0.15, 0.2) is 54.7 Å². The third-order valence-corrected chi connectivity index (χ3v) is 3.62. The monoisotopic (exact) mass is 290 g/mol. The topological polar surface area (TPSA) is 69.2 Å². The van der Waals surface area contributed by atoms with Gasteiger partial charge in [0.15, 0.2) is 0 Å². The molecule has 4 nitrogen and oxygen atoms in total. The van der Waals surface area contributed by atoms with Gasteiger partial charge < -0.3 is 14.8 Å². The number of hydrogen-bond acceptors (Lipinski definition) is 3. The lowest BCUT2D eigenvalue weighted by Gasteiger charge is -2.05. The number of allylic oxidation sites excluding steroid dienone is 2. The highest BCUT2D eigenvalue weighted by Crippen LogP contribution is 2.32. The van der Waals surface area contributed by atoms with Crippen molar-refractivity contribution in [3.8, 4) is 23.3 Å². The zero-order valence-corrected chi connectivity index (χ0v) is 12.0. The maximum absolute atomic E-state index is 9.76. The van der Waals surface area contributed by atoms with E-state index in [1.165, 1.54) is 6.08 Å². The zero-order valence-electron chi connectivity index (χ0n) is 12.0. The van der Waals surface area contributed by atoms with E-state index in [1.807, 2.05) is 42.0 Å². The molecule has 1 aromatic heterocycles. The van der Waals surface area contributed by atoms with Crippen LogP contribution in [-0.4, -0.2) is 14.8 Å². The van der Waals surface area contributed by atoms with E-state index in [1.54, 1.807) is 24.3 Å². The van der Waals surface area contributed by atoms with Gasteiger partial charge in [-0.15, -0.1) is 0 Å². The maximum atomic E-state index is 9.76. The van der Waals surface area contributed by atoms with Crippen molar-refractivity contribution in [3.05, 3.63) is 60.3 Å². The predicted molar refractivity (Wildman–Crippen MR) is 85.9 cm³/mol. The standard InChI is InChI=1S/C18H14N2O2/c1-12(8-9-19)17-11-20(13-2-4-14(21)5-3-13)18-7-6-15(22)10-16(17)18/h2-8,10-11,21-22H,1H3/b12-8+. The third kappa shape index (κ3) is 2.29. The van der Waals surface area contributed by atoms with Crippen LogP contribution in [0.4, 0.5) is 0 Å². The molecule has 2 aromatic carbocycles. The summed E-state index contributed by atoms with van der Waals surface area (Å²) in [5.41, 5.74) is 3.53. The molecule has 108 valence electrons. The number of nitrogens with zero attached hydrogens (tertiary/aromatic N) is 2. The normalized spacial score (nSPS) is 11.5. The largest absolute Gasteiger partial charge is 0.508 e. The average Bonchev–Trinajstić information content (AvgIpc) is 2.87. The van der Waals surface area contributed by atoms with Gasteiger partial charge in [0.2, 0.25) is 0 Å². The number of nitriles is 1. The Labute approximate surface area is 127 Å². The molecule has 0 atom stereocenters. The van der Waals surface area contributed by atoms with Crippen molar-refractivity contribution in [3.63, 3.8) is 0 Å². The first kappa shape index (κ1) is 13.8. The highest BCUT2D eigenvalue weighted by molar-refractivity contribution is 5.95. The molecule has 0 saturated heterocycles. The molecule has 4 heteroatoms. The summed E-state index contributed by atoms with van der Waals surface area (Å²) in [7, 11) is 0. The molecule has 0 aliphatic carbocycles. The Morgan fingerprint density at radius 2 is 1.77 bits per heavy atom. The summed E-state index contributed by atoms with van der Waals surface area (Å²) in [5, 5.41) is 28.9. The molecule has 2 N–H and O–H groups in total. The third-order valence-electron chi connectivity index (χ3n) is 3.62. The van der Waals surface area contributed by atoms with Crippen LogP contribution < -0.4 is 0 Å². The van der Waals surface area contributed by atoms with Crippen molar-refractivity contribution in [2.45, 2.75) is 6.92 Å². The summed E-state index contributed by atoms with van der Waals surface area (Å²) >= 11 is 0. The Morgan fingerprint density at radius 3 is 2.45 bits per heavy atom. The number of fused-ring (bicyclic) bond motifs is 1. The number of aromatic nitrogens is 1. The lowest BCUT2D eigenvalue weighted by molar-refractivity contribution is 0.475. The van der Waals surface area contributed by atoms with Crippen LogP contribution in [0.5, 0.6) is 11.5 Å². The molecular weight excluding hydrogens is 276 g/mol. The van der Waals surface area contributed by atoms with Crippen molar-refractivity contribution in [1.82, 2.24) is 4.57 Å². The molecule has 0 amide bonds. The average molecular weight is 290 g/mol. The van der Waals surface area contributed by atoms with Crippen LogP contribution in [0, 0.1) is 11.3 Å². The molecule has 0 aliphatic rings. The van der Waals surface area contributed by atoms with Gasteiger partial charge in [-0.05, 0) is 55.0 Å². The molecule has 1 heterocycles. The second-order valence-electron chi connectivity index (χ2n) is 5.09. The number of benzene rings is 2. The van der Waals surface area contributed by atoms with Crippen LogP contribution in [0.25, 0.3) is 22.2 Å². The van der Waals surface area contributed by atoms with E-state index in [2.05, 4.69) is 0 Å². The van der Waals surface area contributed by atoms with Gasteiger partial charge in [-0.25, -0.2) is 0 Å². The lowest BCUT2D eigenvalue weighted by Crippen LogP contribution is -1.90. The van der Waals surface area contributed by atoms with Crippen LogP contribution in [-0.2, 0) is 0 Å². The molecule has 22 heavy (non-hydrogen) atoms. The SMILES string of the molecule is C/C(=C\C#N)c1cn(-c2ccc(O)cc2)c2ccc(O)cc12. The fourth-order valence-corrected chi connectivity index (χ4v) is 2.53. The first-order valence-electron chi connectivity index (χ1n) is 6.80. The molecule has 0 radical (unpaired) electrons. The molecule has 3 aromatic rings. The zero-order chi connectivity index (χ0) is 15.7. The molecule has 0 spiro atoms. The highest BCUT2D eigenvalue weighted by Gasteiger charge is 2.12. The van der Waals surface area contributed by atoms with Crippen molar-refractivity contribution in [1.29, 1.82) is 5.26 Å². The first-order chi connectivity index (χ1) is 10.6. The Kier molecular flexibility index (Phi) is 3.32. The second-order valence-corrected chi connectivity index (χ2v) is 5.09. The van der Waals surface area contributed by atoms with E-state index in [4.69, 9.17) is 5.26 Å². The minimum atomic E-state index is 0.182. The predicted octanol–water partition coefficient (Wildman–Crippen LogP) is 3.97. The Balaban J connectivity index is 2.30. The fourth-order valence-electron chi connectivity index (χ4n) is 2.53. The summed E-state index contributed by atoms with van der Waals surface area (Å²) in [5.74, 6) is 0.389. The second kappa shape index (κ2) is 5.30. The van der Waals surface area contributed by atoms with E-state index < -0.39 is 0 Å². The van der Waals surface area contributed by atoms with Gasteiger partial charge in [0.05, 0.1) is 11.6 Å². The Hall–Kier alpha value is -3.19. The molecule has 0 aliphatic heterocycles. The van der Waals surface area contributed by atoms with Gasteiger partial charge in [-0.1, -0.05) is 0 Å². The van der Waals surface area contributed by atoms with Gasteiger partial charge in [-0.3, -0.25) is 0 Å². The van der Waals surface area contributed by atoms with Gasteiger partial charge >= 0.3 is 0 Å². The van der Waals surface area contributed by atoms with E-state index in [0.717, 1.165) is 27.7 Å². The smallest absolute Gasteiger partial charge is 0.116 e. The van der Waals surface area contributed by atoms with Crippen LogP contribution >= 0.6 is 0 Å². The summed E-state index contributed by atoms with van der Waals surface area (Å²) in [6, 6.07) is 14.1. The van der Waals surface area contributed by atoms with Crippen molar-refractivity contribution in [2.24, 2.45) is 0 Å². The number of aromatic hydroxyl groups is 2. The van der Waals surface area contributed by atoms with Gasteiger partial charge in [0.1, 0.15) is 11.5 Å². The van der Waals surface area contributed by atoms with Crippen LogP contribution in [0.1, 0.15) is 12.5 Å². The van der Waals surface area contributed by atoms with E-state index >= 15 is 0 Å². The summed E-state index contributed by atoms with van der Waals surface area (Å²) in [4.78, 5) is 0. The van der Waals surface area contributed by atoms with Crippen LogP contribution in [0.3, 0.4) is 0 Å². The number of phenols is 2. The molecular formula is C18H14N2O2. The number of phenolic OH excluding ortho intramolecular Hbond substituents is 2. The lowest BCUT2D eigenvalue weighted by atomic mass is 10.1. The van der Waals surface area contributed by atoms with E-state index in [0.29, 0.717) is 0 Å². The van der Waals surface area contributed by atoms with Crippen molar-refractivity contribution < 1.29 is 10.2 Å². The van der Waals surface area contributed by atoms with Crippen LogP contribution in [0.2, 0.25) is 0 Å². The van der Waals surface area contributed by atoms with E-state index in [-0.39, 0.29) is 11.5 Å². The van der Waals surface area contributed by atoms with E-state index in [9.17, 15) is 10.2 Å². The van der Waals surface area contributed by atoms with Gasteiger partial charge in [-0.2, -0.15) is 5.26 Å². The maximum Gasteiger partial charge on any atom is 0.116 e. The minimum Gasteiger partial charge on any atom is -0.508 e. The Morgan fingerprint density at radius 1 is 1.09 bits per heavy atom. The molecule has 3 rings (SSSR count). The highest BCUT2D eigenvalue weighted by atomic mass is 16.3. The molecule has 0 bridgehead atoms. The van der Waals surface area contributed by atoms with Crippen molar-refractivity contribution in [2.75, 3.05) is 0 Å². The summed E-state index contributed by atoms with van der Waals surface area (Å²) in [6.45, 7) is 1.86. The first-order valence-corrected chi connectivity index (χ1v) is 6.80. The Bertz CT molecular complexity index is 913. The number of rotatable bonds is 2. The van der Waals surface area contributed by atoms with Gasteiger partial charge in [0.25, 0.3) is 0 Å². The van der Waals surface area contributed by atoms with Gasteiger partial charge in [0, 0.05) is 28.9 Å². The quantitative estimate of drug-likeness (QED) is 0.702. The molecule has 0 unspecified atom stereocenters. The summed E-state index contributed by atoms with van der Waals surface area (Å²) < 4.78 is 1.97. The number of hydrogen-bond donors (Lipinski definition) is 2. The fraction of sp³-hybridized carbons (Fsp3) is 0.0556. The molecule has 0 saturated carbocycles.